The van der Waals surface area contributed by atoms with E-state index in [4.69, 9.17) is 9.47 Å². The number of allylic oxidation sites excluding steroid dienone is 3. The predicted molar refractivity (Wildman–Crippen MR) is 84.1 cm³/mol. The summed E-state index contributed by atoms with van der Waals surface area (Å²) in [5.74, 6) is -0.526. The minimum atomic E-state index is -0.270. The van der Waals surface area contributed by atoms with Gasteiger partial charge in [-0.15, -0.1) is 0 Å². The van der Waals surface area contributed by atoms with E-state index in [1.807, 2.05) is 19.1 Å². The lowest BCUT2D eigenvalue weighted by Gasteiger charge is -2.32. The molecule has 2 aliphatic carbocycles. The molecule has 22 heavy (non-hydrogen) atoms. The highest BCUT2D eigenvalue weighted by molar-refractivity contribution is 5.94. The largest absolute Gasteiger partial charge is 0.463 e. The topological polar surface area (TPSA) is 52.6 Å². The molecule has 0 saturated heterocycles. The number of fused-ring (bicyclic) bond motifs is 1. The van der Waals surface area contributed by atoms with Crippen LogP contribution in [0.25, 0.3) is 0 Å². The maximum absolute atomic E-state index is 12.2. The molecule has 0 aromatic carbocycles. The Bertz CT molecular complexity index is 580. The van der Waals surface area contributed by atoms with Crippen LogP contribution in [-0.2, 0) is 19.1 Å². The minimum absolute atomic E-state index is 0.257. The smallest absolute Gasteiger partial charge is 0.338 e. The van der Waals surface area contributed by atoms with Gasteiger partial charge in [-0.1, -0.05) is 19.1 Å². The summed E-state index contributed by atoms with van der Waals surface area (Å²) >= 11 is 0. The normalized spacial score (nSPS) is 25.8. The average molecular weight is 304 g/mol. The van der Waals surface area contributed by atoms with E-state index in [1.54, 1.807) is 13.8 Å². The first-order chi connectivity index (χ1) is 10.5. The lowest BCUT2D eigenvalue weighted by atomic mass is 9.72. The molecule has 4 heteroatoms. The van der Waals surface area contributed by atoms with Gasteiger partial charge in [0.25, 0.3) is 0 Å². The van der Waals surface area contributed by atoms with Gasteiger partial charge in [0.15, 0.2) is 0 Å². The Balaban J connectivity index is 2.43. The molecule has 0 spiro atoms. The Morgan fingerprint density at radius 2 is 1.86 bits per heavy atom. The molecule has 1 fully saturated rings. The van der Waals surface area contributed by atoms with Gasteiger partial charge < -0.3 is 9.47 Å². The summed E-state index contributed by atoms with van der Waals surface area (Å²) in [5.41, 5.74) is 3.24. The van der Waals surface area contributed by atoms with Crippen LogP contribution in [0.1, 0.15) is 47.0 Å². The number of rotatable bonds is 4. The Labute approximate surface area is 131 Å². The van der Waals surface area contributed by atoms with Crippen LogP contribution in [0.3, 0.4) is 0 Å². The predicted octanol–water partition coefficient (Wildman–Crippen LogP) is 3.49. The van der Waals surface area contributed by atoms with Crippen molar-refractivity contribution in [2.75, 3.05) is 13.2 Å². The molecule has 0 heterocycles. The van der Waals surface area contributed by atoms with Gasteiger partial charge in [0.05, 0.1) is 18.8 Å². The summed E-state index contributed by atoms with van der Waals surface area (Å²) in [6, 6.07) is 0. The van der Waals surface area contributed by atoms with E-state index in [0.717, 1.165) is 30.4 Å². The molecule has 0 bridgehead atoms. The van der Waals surface area contributed by atoms with Crippen molar-refractivity contribution in [3.8, 4) is 0 Å². The lowest BCUT2D eigenvalue weighted by molar-refractivity contribution is -0.139. The molecule has 0 aromatic rings. The third-order valence-electron chi connectivity index (χ3n) is 4.62. The van der Waals surface area contributed by atoms with Gasteiger partial charge in [-0.25, -0.2) is 9.59 Å². The zero-order valence-electron chi connectivity index (χ0n) is 13.8. The number of hydrogen-bond acceptors (Lipinski definition) is 4. The van der Waals surface area contributed by atoms with E-state index in [9.17, 15) is 9.59 Å². The number of carbonyl (C=O) groups excluding carboxylic acids is 2. The Morgan fingerprint density at radius 1 is 1.18 bits per heavy atom. The summed E-state index contributed by atoms with van der Waals surface area (Å²) in [5, 5.41) is 0. The molecule has 0 N–H and O–H groups in total. The second-order valence-electron chi connectivity index (χ2n) is 5.88. The highest BCUT2D eigenvalue weighted by atomic mass is 16.5. The van der Waals surface area contributed by atoms with E-state index >= 15 is 0 Å². The quantitative estimate of drug-likeness (QED) is 0.589. The molecule has 0 aromatic heterocycles. The highest BCUT2D eigenvalue weighted by Crippen LogP contribution is 2.54. The standard InChI is InChI=1S/C18H24O4/c1-5-21-16(19)12(3)14-9-10-15-13(17(20)22-6-2)8-7-11-18(14,15)4/h7-8H,5-6,9-11H2,1-4H3/b14-12-. The van der Waals surface area contributed by atoms with E-state index in [0.29, 0.717) is 24.4 Å². The fraction of sp³-hybridized carbons (Fsp3) is 0.556. The number of ether oxygens (including phenoxy) is 2. The van der Waals surface area contributed by atoms with Crippen molar-refractivity contribution < 1.29 is 19.1 Å². The van der Waals surface area contributed by atoms with Crippen molar-refractivity contribution in [3.05, 3.63) is 34.4 Å². The highest BCUT2D eigenvalue weighted by Gasteiger charge is 2.43. The number of carbonyl (C=O) groups is 2. The Kier molecular flexibility index (Phi) is 4.89. The van der Waals surface area contributed by atoms with Crippen LogP contribution in [-0.4, -0.2) is 25.2 Å². The third kappa shape index (κ3) is 2.74. The summed E-state index contributed by atoms with van der Waals surface area (Å²) in [6.45, 7) is 8.28. The minimum Gasteiger partial charge on any atom is -0.463 e. The molecule has 2 aliphatic rings. The summed E-state index contributed by atoms with van der Waals surface area (Å²) in [4.78, 5) is 24.2. The van der Waals surface area contributed by atoms with Crippen LogP contribution in [0, 0.1) is 5.41 Å². The van der Waals surface area contributed by atoms with Crippen molar-refractivity contribution in [1.82, 2.24) is 0 Å². The molecule has 0 radical (unpaired) electrons. The first-order valence-corrected chi connectivity index (χ1v) is 7.90. The van der Waals surface area contributed by atoms with Crippen LogP contribution >= 0.6 is 0 Å². The summed E-state index contributed by atoms with van der Waals surface area (Å²) < 4.78 is 10.3. The van der Waals surface area contributed by atoms with Gasteiger partial charge in [-0.2, -0.15) is 0 Å². The van der Waals surface area contributed by atoms with E-state index < -0.39 is 0 Å². The van der Waals surface area contributed by atoms with E-state index in [-0.39, 0.29) is 17.4 Å². The number of hydrogen-bond donors (Lipinski definition) is 0. The lowest BCUT2D eigenvalue weighted by Crippen LogP contribution is -2.24. The van der Waals surface area contributed by atoms with Gasteiger partial charge in [0.2, 0.25) is 0 Å². The maximum atomic E-state index is 12.2. The molecule has 1 saturated carbocycles. The monoisotopic (exact) mass is 304 g/mol. The van der Waals surface area contributed by atoms with Crippen molar-refractivity contribution in [2.24, 2.45) is 5.41 Å². The SMILES string of the molecule is CCOC(=O)C1=C2CC/C(=C(\C)C(=O)OCC)C2(C)CC=C1. The van der Waals surface area contributed by atoms with Gasteiger partial charge in [-0.3, -0.25) is 0 Å². The van der Waals surface area contributed by atoms with Crippen molar-refractivity contribution >= 4 is 11.9 Å². The molecule has 2 rings (SSSR count). The zero-order chi connectivity index (χ0) is 16.3. The summed E-state index contributed by atoms with van der Waals surface area (Å²) in [6.07, 6.45) is 6.25. The molecule has 120 valence electrons. The third-order valence-corrected chi connectivity index (χ3v) is 4.62. The average Bonchev–Trinajstić information content (AvgIpc) is 2.83. The van der Waals surface area contributed by atoms with Crippen LogP contribution in [0.15, 0.2) is 34.4 Å². The summed E-state index contributed by atoms with van der Waals surface area (Å²) in [7, 11) is 0. The van der Waals surface area contributed by atoms with Gasteiger partial charge in [0.1, 0.15) is 0 Å². The zero-order valence-corrected chi connectivity index (χ0v) is 13.8. The Hall–Kier alpha value is -1.84. The molecular weight excluding hydrogens is 280 g/mol. The molecule has 0 aliphatic heterocycles. The van der Waals surface area contributed by atoms with Crippen LogP contribution in [0.5, 0.6) is 0 Å². The first-order valence-electron chi connectivity index (χ1n) is 7.90. The second kappa shape index (κ2) is 6.51. The fourth-order valence-corrected chi connectivity index (χ4v) is 3.54. The van der Waals surface area contributed by atoms with Gasteiger partial charge >= 0.3 is 11.9 Å². The number of esters is 2. The molecule has 1 unspecified atom stereocenters. The van der Waals surface area contributed by atoms with Crippen molar-refractivity contribution in [1.29, 1.82) is 0 Å². The first kappa shape index (κ1) is 16.5. The van der Waals surface area contributed by atoms with Crippen LogP contribution in [0.2, 0.25) is 0 Å². The molecule has 1 atom stereocenters. The van der Waals surface area contributed by atoms with E-state index in [2.05, 4.69) is 6.92 Å². The maximum Gasteiger partial charge on any atom is 0.338 e. The molecule has 0 amide bonds. The van der Waals surface area contributed by atoms with Gasteiger partial charge in [-0.05, 0) is 51.2 Å². The second-order valence-corrected chi connectivity index (χ2v) is 5.88. The van der Waals surface area contributed by atoms with Crippen LogP contribution < -0.4 is 0 Å². The van der Waals surface area contributed by atoms with Crippen LogP contribution in [0.4, 0.5) is 0 Å². The van der Waals surface area contributed by atoms with Gasteiger partial charge in [0, 0.05) is 11.0 Å². The van der Waals surface area contributed by atoms with E-state index in [1.165, 1.54) is 0 Å². The van der Waals surface area contributed by atoms with Crippen molar-refractivity contribution in [2.45, 2.75) is 47.0 Å². The molecular formula is C18H24O4. The Morgan fingerprint density at radius 3 is 2.50 bits per heavy atom. The fourth-order valence-electron chi connectivity index (χ4n) is 3.54. The molecule has 4 nitrogen and oxygen atoms in total. The van der Waals surface area contributed by atoms with Crippen molar-refractivity contribution in [3.63, 3.8) is 0 Å².